The molecular formula is C49H85Fe2NO5P2+2. The van der Waals surface area contributed by atoms with Crippen LogP contribution in [0.1, 0.15) is 145 Å². The second-order valence-corrected chi connectivity index (χ2v) is 26.2. The summed E-state index contributed by atoms with van der Waals surface area (Å²) in [6.45, 7) is 18.3. The molecule has 4 fully saturated rings. The van der Waals surface area contributed by atoms with Gasteiger partial charge in [0.05, 0.1) is 48.6 Å². The molecule has 10 heteroatoms. The zero-order chi connectivity index (χ0) is 41.7. The molecule has 0 aromatic heterocycles. The second kappa shape index (κ2) is 31.7. The number of nitrogens with zero attached hydrogens (tertiary/aromatic N) is 1. The SMILES string of the molecule is C.C1CCCC1.C1CCCC1.CC(=O)OC(C)=O.CC(=O)O[C@H](C)C1CCCC1[P+](C)(C)c1ccccc1.C[C@H](C1CCCC1[P+](C)(C)c1ccccc1)N(C)C.[Fe].[Fe]. The topological polar surface area (TPSA) is 72.9 Å². The van der Waals surface area contributed by atoms with Gasteiger partial charge in [0.15, 0.2) is 0 Å². The van der Waals surface area contributed by atoms with Crippen LogP contribution in [0.2, 0.25) is 0 Å². The Balaban J connectivity index is 0. The molecule has 6 rings (SSSR count). The molecule has 2 aromatic rings. The summed E-state index contributed by atoms with van der Waals surface area (Å²) in [5.41, 5.74) is 1.59. The Morgan fingerprint density at radius 2 is 0.864 bits per heavy atom. The maximum absolute atomic E-state index is 11.2. The molecular weight excluding hydrogens is 856 g/mol. The third-order valence-electron chi connectivity index (χ3n) is 12.7. The van der Waals surface area contributed by atoms with Gasteiger partial charge in [-0.3, -0.25) is 14.4 Å². The molecule has 0 spiro atoms. The van der Waals surface area contributed by atoms with Crippen molar-refractivity contribution in [2.75, 3.05) is 40.8 Å². The summed E-state index contributed by atoms with van der Waals surface area (Å²) in [4.78, 5) is 33.3. The average Bonchev–Trinajstić information content (AvgIpc) is 4.00. The van der Waals surface area contributed by atoms with E-state index in [1.165, 1.54) is 129 Å². The number of carbonyl (C=O) groups is 3. The van der Waals surface area contributed by atoms with Crippen molar-refractivity contribution in [2.24, 2.45) is 11.8 Å². The largest absolute Gasteiger partial charge is 0.462 e. The second-order valence-electron chi connectivity index (χ2n) is 17.7. The van der Waals surface area contributed by atoms with E-state index < -0.39 is 26.5 Å². The third-order valence-corrected chi connectivity index (χ3v) is 20.6. The van der Waals surface area contributed by atoms with Crippen molar-refractivity contribution < 1.29 is 58.0 Å². The normalized spacial score (nSPS) is 21.6. The van der Waals surface area contributed by atoms with Gasteiger partial charge in [-0.25, -0.2) is 0 Å². The summed E-state index contributed by atoms with van der Waals surface area (Å²) >= 11 is 0. The fraction of sp³-hybridized carbons (Fsp3) is 0.694. The molecule has 0 heterocycles. The fourth-order valence-electron chi connectivity index (χ4n) is 9.36. The van der Waals surface area contributed by atoms with Crippen LogP contribution in [0.15, 0.2) is 60.7 Å². The molecule has 4 unspecified atom stereocenters. The predicted octanol–water partition coefficient (Wildman–Crippen LogP) is 12.0. The van der Waals surface area contributed by atoms with Crippen molar-refractivity contribution in [2.45, 2.75) is 168 Å². The van der Waals surface area contributed by atoms with Crippen LogP contribution in [0.3, 0.4) is 0 Å². The number of rotatable bonds is 8. The quantitative estimate of drug-likeness (QED) is 0.114. The Bertz CT molecular complexity index is 1370. The minimum absolute atomic E-state index is 0. The van der Waals surface area contributed by atoms with Crippen molar-refractivity contribution in [1.82, 2.24) is 4.90 Å². The first-order valence-corrected chi connectivity index (χ1v) is 27.3. The van der Waals surface area contributed by atoms with Crippen LogP contribution < -0.4 is 10.6 Å². The van der Waals surface area contributed by atoms with Gasteiger partial charge < -0.3 is 14.4 Å². The number of carbonyl (C=O) groups excluding carboxylic acids is 3. The Morgan fingerprint density at radius 3 is 1.15 bits per heavy atom. The summed E-state index contributed by atoms with van der Waals surface area (Å²) in [5.74, 6) is 0.111. The first kappa shape index (κ1) is 60.0. The Kier molecular flexibility index (Phi) is 32.2. The molecule has 4 aliphatic carbocycles. The van der Waals surface area contributed by atoms with Gasteiger partial charge in [-0.2, -0.15) is 0 Å². The number of ether oxygens (including phenoxy) is 2. The van der Waals surface area contributed by atoms with Gasteiger partial charge >= 0.3 is 17.9 Å². The zero-order valence-corrected chi connectivity index (χ0v) is 42.1. The van der Waals surface area contributed by atoms with E-state index in [4.69, 9.17) is 4.74 Å². The molecule has 0 radical (unpaired) electrons. The van der Waals surface area contributed by atoms with Crippen molar-refractivity contribution in [3.05, 3.63) is 60.7 Å². The molecule has 0 amide bonds. The number of benzene rings is 2. The third kappa shape index (κ3) is 21.7. The van der Waals surface area contributed by atoms with E-state index in [9.17, 15) is 14.4 Å². The Labute approximate surface area is 385 Å². The van der Waals surface area contributed by atoms with E-state index in [1.807, 2.05) is 0 Å². The Morgan fingerprint density at radius 1 is 0.542 bits per heavy atom. The molecule has 2 aromatic carbocycles. The standard InChI is InChI=1S/C17H29NP.C17H26O2P.2C5H10.C4H6O3.CH4.2Fe/c1-14(18(2)3)16-12-9-13-17(16)19(4,5)15-10-7-6-8-11-15;1-13(19-14(2)18)16-11-8-12-17(16)20(3,4)15-9-6-5-7-10-15;2*1-2-4-5-3-1;1-3(5)7-4(2)6;;;/h6-8,10-11,14,16-17H,9,12-13H2,1-5H3;5-7,9-10,13,16-17H,8,11-12H2,1-4H3;2*1-5H2;1-2H3;1H4;;/q2*+1;;;;;;/t14-,16?,17?;13-,16?,17?;;;;;;/m11....../s1. The summed E-state index contributed by atoms with van der Waals surface area (Å²) in [6.07, 6.45) is 23.0. The summed E-state index contributed by atoms with van der Waals surface area (Å²) in [6, 6.07) is 22.8. The van der Waals surface area contributed by atoms with Crippen LogP contribution in [0.5, 0.6) is 0 Å². The van der Waals surface area contributed by atoms with E-state index in [2.05, 4.69) is 125 Å². The van der Waals surface area contributed by atoms with Gasteiger partial charge in [0, 0.05) is 87.3 Å². The summed E-state index contributed by atoms with van der Waals surface area (Å²) in [5, 5.41) is 3.10. The monoisotopic (exact) mass is 941 g/mol. The van der Waals surface area contributed by atoms with Crippen LogP contribution in [0.25, 0.3) is 0 Å². The summed E-state index contributed by atoms with van der Waals surface area (Å²) in [7, 11) is 2.25. The molecule has 59 heavy (non-hydrogen) atoms. The molecule has 0 N–H and O–H groups in total. The van der Waals surface area contributed by atoms with Gasteiger partial charge in [-0.1, -0.05) is 108 Å². The van der Waals surface area contributed by atoms with Crippen LogP contribution in [0, 0.1) is 11.8 Å². The van der Waals surface area contributed by atoms with E-state index in [-0.39, 0.29) is 53.6 Å². The molecule has 0 saturated heterocycles. The van der Waals surface area contributed by atoms with E-state index >= 15 is 0 Å². The van der Waals surface area contributed by atoms with Crippen molar-refractivity contribution >= 4 is 43.0 Å². The molecule has 4 saturated carbocycles. The first-order chi connectivity index (χ1) is 26.5. The van der Waals surface area contributed by atoms with Crippen LogP contribution in [-0.4, -0.2) is 87.0 Å². The summed E-state index contributed by atoms with van der Waals surface area (Å²) < 4.78 is 9.45. The van der Waals surface area contributed by atoms with Gasteiger partial charge in [0.25, 0.3) is 0 Å². The van der Waals surface area contributed by atoms with Gasteiger partial charge in [-0.05, 0) is 90.7 Å². The molecule has 6 nitrogen and oxygen atoms in total. The number of esters is 3. The molecule has 0 bridgehead atoms. The van der Waals surface area contributed by atoms with E-state index in [1.54, 1.807) is 5.30 Å². The van der Waals surface area contributed by atoms with Crippen molar-refractivity contribution in [3.63, 3.8) is 0 Å². The number of hydrogen-bond donors (Lipinski definition) is 0. The van der Waals surface area contributed by atoms with Crippen LogP contribution >= 0.6 is 14.5 Å². The van der Waals surface area contributed by atoms with Crippen LogP contribution in [-0.2, 0) is 58.0 Å². The predicted molar refractivity (Wildman–Crippen MR) is 252 cm³/mol. The Hall–Kier alpha value is -1.09. The van der Waals surface area contributed by atoms with Gasteiger partial charge in [0.2, 0.25) is 0 Å². The zero-order valence-electron chi connectivity index (χ0n) is 38.1. The molecule has 6 atom stereocenters. The number of hydrogen-bond acceptors (Lipinski definition) is 6. The first-order valence-electron chi connectivity index (χ1n) is 21.8. The molecule has 340 valence electrons. The maximum Gasteiger partial charge on any atom is 0.310 e. The van der Waals surface area contributed by atoms with E-state index in [0.717, 1.165) is 11.6 Å². The van der Waals surface area contributed by atoms with Gasteiger partial charge in [0.1, 0.15) is 6.10 Å². The minimum atomic E-state index is -1.19. The minimum Gasteiger partial charge on any atom is -0.462 e. The van der Waals surface area contributed by atoms with E-state index in [0.29, 0.717) is 17.6 Å². The molecule has 4 aliphatic rings. The smallest absolute Gasteiger partial charge is 0.310 e. The van der Waals surface area contributed by atoms with Crippen molar-refractivity contribution in [1.29, 1.82) is 0 Å². The van der Waals surface area contributed by atoms with Gasteiger partial charge in [-0.15, -0.1) is 0 Å². The van der Waals surface area contributed by atoms with Crippen LogP contribution in [0.4, 0.5) is 0 Å². The maximum atomic E-state index is 11.2. The fourth-order valence-corrected chi connectivity index (χ4v) is 16.4. The van der Waals surface area contributed by atoms with Crippen molar-refractivity contribution in [3.8, 4) is 0 Å². The molecule has 0 aliphatic heterocycles. The average molecular weight is 942 g/mol.